The van der Waals surface area contributed by atoms with Crippen LogP contribution in [0.4, 0.5) is 11.4 Å². The summed E-state index contributed by atoms with van der Waals surface area (Å²) < 4.78 is 1.01. The van der Waals surface area contributed by atoms with E-state index in [1.165, 1.54) is 12.1 Å². The lowest BCUT2D eigenvalue weighted by molar-refractivity contribution is -0.385. The molecule has 2 aromatic rings. The number of aryl methyl sites for hydroxylation is 1. The molecule has 132 valence electrons. The maximum atomic E-state index is 12.5. The number of carbonyl (C=O) groups is 3. The molecule has 9 heteroatoms. The van der Waals surface area contributed by atoms with Gasteiger partial charge in [-0.15, -0.1) is 0 Å². The van der Waals surface area contributed by atoms with Gasteiger partial charge in [0.25, 0.3) is 17.5 Å². The normalized spacial score (nSPS) is 12.9. The minimum atomic E-state index is -0.841. The Morgan fingerprint density at radius 3 is 2.62 bits per heavy atom. The molecule has 0 spiro atoms. The van der Waals surface area contributed by atoms with Gasteiger partial charge in [-0.05, 0) is 59.3 Å². The number of nitro groups is 1. The molecule has 0 saturated heterocycles. The Labute approximate surface area is 161 Å². The van der Waals surface area contributed by atoms with E-state index >= 15 is 0 Å². The monoisotopic (exact) mass is 465 g/mol. The predicted octanol–water partition coefficient (Wildman–Crippen LogP) is 2.74. The van der Waals surface area contributed by atoms with Crippen LogP contribution < -0.4 is 5.32 Å². The summed E-state index contributed by atoms with van der Waals surface area (Å²) in [5.74, 6) is -2.12. The molecule has 0 bridgehead atoms. The van der Waals surface area contributed by atoms with Crippen molar-refractivity contribution in [2.45, 2.75) is 6.92 Å². The highest BCUT2D eigenvalue weighted by molar-refractivity contribution is 14.1. The summed E-state index contributed by atoms with van der Waals surface area (Å²) in [5, 5.41) is 13.7. The number of nitro benzene ring substituents is 1. The van der Waals surface area contributed by atoms with Crippen molar-refractivity contribution in [3.8, 4) is 0 Å². The van der Waals surface area contributed by atoms with Crippen LogP contribution >= 0.6 is 22.6 Å². The summed E-state index contributed by atoms with van der Waals surface area (Å²) in [6.07, 6.45) is 0. The van der Waals surface area contributed by atoms with Gasteiger partial charge in [-0.2, -0.15) is 0 Å². The number of rotatable bonds is 4. The molecule has 3 rings (SSSR count). The molecule has 3 amide bonds. The summed E-state index contributed by atoms with van der Waals surface area (Å²) in [7, 11) is 0. The smallest absolute Gasteiger partial charge is 0.282 e. The largest absolute Gasteiger partial charge is 0.324 e. The zero-order valence-electron chi connectivity index (χ0n) is 13.5. The zero-order valence-corrected chi connectivity index (χ0v) is 15.6. The van der Waals surface area contributed by atoms with Gasteiger partial charge in [-0.3, -0.25) is 29.4 Å². The van der Waals surface area contributed by atoms with Gasteiger partial charge in [-0.1, -0.05) is 6.07 Å². The van der Waals surface area contributed by atoms with Crippen molar-refractivity contribution in [1.82, 2.24) is 4.90 Å². The Bertz CT molecular complexity index is 973. The fourth-order valence-electron chi connectivity index (χ4n) is 2.71. The Morgan fingerprint density at radius 2 is 1.96 bits per heavy atom. The lowest BCUT2D eigenvalue weighted by atomic mass is 10.1. The summed E-state index contributed by atoms with van der Waals surface area (Å²) in [6.45, 7) is 1.30. The van der Waals surface area contributed by atoms with E-state index in [-0.39, 0.29) is 11.1 Å². The Hall–Kier alpha value is -2.82. The lowest BCUT2D eigenvalue weighted by Crippen LogP contribution is -2.37. The summed E-state index contributed by atoms with van der Waals surface area (Å²) >= 11 is 2.14. The van der Waals surface area contributed by atoms with Gasteiger partial charge in [0.1, 0.15) is 12.1 Å². The van der Waals surface area contributed by atoms with Gasteiger partial charge in [0.15, 0.2) is 0 Å². The van der Waals surface area contributed by atoms with Crippen LogP contribution in [0.2, 0.25) is 0 Å². The van der Waals surface area contributed by atoms with Crippen LogP contribution in [0.15, 0.2) is 36.4 Å². The molecule has 0 aliphatic carbocycles. The van der Waals surface area contributed by atoms with Crippen LogP contribution in [0.25, 0.3) is 0 Å². The Balaban J connectivity index is 1.82. The summed E-state index contributed by atoms with van der Waals surface area (Å²) in [5.41, 5.74) is 0.613. The fraction of sp³-hybridized carbons (Fsp3) is 0.118. The highest BCUT2D eigenvalue weighted by Crippen LogP contribution is 2.30. The molecule has 1 N–H and O–H groups in total. The third-order valence-corrected chi connectivity index (χ3v) is 4.61. The second-order valence-corrected chi connectivity index (χ2v) is 6.91. The van der Waals surface area contributed by atoms with E-state index in [1.807, 2.05) is 19.1 Å². The average molecular weight is 465 g/mol. The number of carbonyl (C=O) groups excluding carboxylic acids is 3. The number of hydrogen-bond donors (Lipinski definition) is 1. The van der Waals surface area contributed by atoms with Crippen LogP contribution in [0, 0.1) is 20.6 Å². The van der Waals surface area contributed by atoms with E-state index in [9.17, 15) is 24.5 Å². The van der Waals surface area contributed by atoms with E-state index in [1.54, 1.807) is 6.07 Å². The van der Waals surface area contributed by atoms with Crippen LogP contribution in [-0.4, -0.2) is 34.1 Å². The molecule has 2 aromatic carbocycles. The summed E-state index contributed by atoms with van der Waals surface area (Å²) in [4.78, 5) is 48.2. The molecule has 0 unspecified atom stereocenters. The molecule has 1 heterocycles. The van der Waals surface area contributed by atoms with Gasteiger partial charge >= 0.3 is 0 Å². The predicted molar refractivity (Wildman–Crippen MR) is 101 cm³/mol. The van der Waals surface area contributed by atoms with Gasteiger partial charge < -0.3 is 5.32 Å². The third-order valence-electron chi connectivity index (χ3n) is 3.94. The van der Waals surface area contributed by atoms with E-state index in [4.69, 9.17) is 0 Å². The van der Waals surface area contributed by atoms with Crippen molar-refractivity contribution in [2.24, 2.45) is 0 Å². The molecule has 0 atom stereocenters. The molecule has 8 nitrogen and oxygen atoms in total. The average Bonchev–Trinajstić information content (AvgIpc) is 2.82. The quantitative estimate of drug-likeness (QED) is 0.323. The SMILES string of the molecule is Cc1cc(I)ccc1NC(=O)CN1C(=O)c2cccc([N+](=O)[O-])c2C1=O. The van der Waals surface area contributed by atoms with Gasteiger partial charge in [-0.25, -0.2) is 0 Å². The number of anilines is 1. The van der Waals surface area contributed by atoms with Gasteiger partial charge in [0.2, 0.25) is 5.91 Å². The molecule has 0 fully saturated rings. The van der Waals surface area contributed by atoms with E-state index in [2.05, 4.69) is 27.9 Å². The highest BCUT2D eigenvalue weighted by Gasteiger charge is 2.41. The topological polar surface area (TPSA) is 110 Å². The second-order valence-electron chi connectivity index (χ2n) is 5.66. The molecule has 0 aromatic heterocycles. The number of fused-ring (bicyclic) bond motifs is 1. The zero-order chi connectivity index (χ0) is 19.0. The van der Waals surface area contributed by atoms with Crippen molar-refractivity contribution < 1.29 is 19.3 Å². The van der Waals surface area contributed by atoms with Crippen LogP contribution in [0.5, 0.6) is 0 Å². The number of nitrogens with one attached hydrogen (secondary N) is 1. The lowest BCUT2D eigenvalue weighted by Gasteiger charge is -2.14. The first-order chi connectivity index (χ1) is 12.3. The molecule has 0 radical (unpaired) electrons. The first-order valence-electron chi connectivity index (χ1n) is 7.49. The van der Waals surface area contributed by atoms with Gasteiger partial charge in [0.05, 0.1) is 10.5 Å². The molecule has 1 aliphatic rings. The Morgan fingerprint density at radius 1 is 1.23 bits per heavy atom. The third kappa shape index (κ3) is 3.17. The minimum Gasteiger partial charge on any atom is -0.324 e. The number of nitrogens with zero attached hydrogens (tertiary/aromatic N) is 2. The van der Waals surface area contributed by atoms with E-state index < -0.39 is 34.9 Å². The van der Waals surface area contributed by atoms with Crippen LogP contribution in [-0.2, 0) is 4.79 Å². The maximum Gasteiger partial charge on any atom is 0.282 e. The van der Waals surface area contributed by atoms with Crippen molar-refractivity contribution in [1.29, 1.82) is 0 Å². The van der Waals surface area contributed by atoms with Crippen molar-refractivity contribution in [3.05, 3.63) is 66.8 Å². The maximum absolute atomic E-state index is 12.5. The van der Waals surface area contributed by atoms with E-state index in [0.717, 1.165) is 20.1 Å². The van der Waals surface area contributed by atoms with Crippen LogP contribution in [0.3, 0.4) is 0 Å². The molecular formula is C17H12IN3O5. The second kappa shape index (κ2) is 6.83. The molecular weight excluding hydrogens is 453 g/mol. The standard InChI is InChI=1S/C17H12IN3O5/c1-9-7-10(18)5-6-12(9)19-14(22)8-20-16(23)11-3-2-4-13(21(25)26)15(11)17(20)24/h2-7H,8H2,1H3,(H,19,22). The van der Waals surface area contributed by atoms with Crippen molar-refractivity contribution in [2.75, 3.05) is 11.9 Å². The van der Waals surface area contributed by atoms with E-state index in [0.29, 0.717) is 5.69 Å². The minimum absolute atomic E-state index is 0.0672. The molecule has 1 aliphatic heterocycles. The number of halogens is 1. The van der Waals surface area contributed by atoms with Crippen molar-refractivity contribution in [3.63, 3.8) is 0 Å². The first kappa shape index (κ1) is 18.0. The van der Waals surface area contributed by atoms with Crippen LogP contribution in [0.1, 0.15) is 26.3 Å². The number of benzene rings is 2. The van der Waals surface area contributed by atoms with Gasteiger partial charge in [0, 0.05) is 15.3 Å². The Kier molecular flexibility index (Phi) is 4.72. The number of amides is 3. The summed E-state index contributed by atoms with van der Waals surface area (Å²) in [6, 6.07) is 9.24. The number of hydrogen-bond acceptors (Lipinski definition) is 5. The van der Waals surface area contributed by atoms with Crippen molar-refractivity contribution >= 4 is 51.7 Å². The first-order valence-corrected chi connectivity index (χ1v) is 8.57. The molecule has 26 heavy (non-hydrogen) atoms. The highest BCUT2D eigenvalue weighted by atomic mass is 127. The number of imide groups is 1. The fourth-order valence-corrected chi connectivity index (χ4v) is 3.36. The molecule has 0 saturated carbocycles.